The van der Waals surface area contributed by atoms with Crippen LogP contribution in [0.3, 0.4) is 0 Å². The highest BCUT2D eigenvalue weighted by molar-refractivity contribution is 5.80. The molecule has 1 aliphatic carbocycles. The minimum absolute atomic E-state index is 0.257. The first-order chi connectivity index (χ1) is 20.5. The van der Waals surface area contributed by atoms with Gasteiger partial charge < -0.3 is 15.5 Å². The van der Waals surface area contributed by atoms with E-state index in [0.29, 0.717) is 12.8 Å². The summed E-state index contributed by atoms with van der Waals surface area (Å²) in [4.78, 5) is 12.5. The Morgan fingerprint density at radius 1 is 0.571 bits per heavy atom. The van der Waals surface area contributed by atoms with Crippen LogP contribution in [0, 0.1) is 11.8 Å². The summed E-state index contributed by atoms with van der Waals surface area (Å²) >= 11 is 0. The molecule has 3 N–H and O–H groups in total. The Balaban J connectivity index is 1.95. The molecule has 5 atom stereocenters. The van der Waals surface area contributed by atoms with Crippen LogP contribution in [0.2, 0.25) is 0 Å². The molecule has 250 valence electrons. The highest BCUT2D eigenvalue weighted by Crippen LogP contribution is 2.45. The van der Waals surface area contributed by atoms with E-state index in [2.05, 4.69) is 19.2 Å². The van der Waals surface area contributed by atoms with E-state index in [0.717, 1.165) is 43.9 Å². The van der Waals surface area contributed by atoms with Crippen molar-refractivity contribution in [1.82, 2.24) is 5.32 Å². The first-order valence-electron chi connectivity index (χ1n) is 19.2. The Bertz CT molecular complexity index is 597. The first kappa shape index (κ1) is 39.4. The van der Waals surface area contributed by atoms with E-state index in [4.69, 9.17) is 0 Å². The monoisotopic (exact) mass is 594 g/mol. The summed E-state index contributed by atoms with van der Waals surface area (Å²) in [6.45, 7) is 6.56. The molecule has 0 radical (unpaired) electrons. The van der Waals surface area contributed by atoms with Gasteiger partial charge >= 0.3 is 0 Å². The minimum Gasteiger partial charge on any atom is -0.391 e. The Morgan fingerprint density at radius 2 is 0.952 bits per heavy atom. The Morgan fingerprint density at radius 3 is 1.40 bits per heavy atom. The average molecular weight is 594 g/mol. The number of amides is 1. The maximum atomic E-state index is 12.5. The van der Waals surface area contributed by atoms with Gasteiger partial charge in [0.1, 0.15) is 6.10 Å². The lowest BCUT2D eigenvalue weighted by atomic mass is 9.99. The number of nitrogens with one attached hydrogen (secondary N) is 1. The molecule has 0 aliphatic heterocycles. The molecule has 1 rings (SSSR count). The predicted octanol–water partition coefficient (Wildman–Crippen LogP) is 10.8. The van der Waals surface area contributed by atoms with E-state index in [1.54, 1.807) is 0 Å². The van der Waals surface area contributed by atoms with Gasteiger partial charge in [0.05, 0.1) is 12.1 Å². The molecule has 4 heteroatoms. The average Bonchev–Trinajstić information content (AvgIpc) is 3.75. The number of rotatable bonds is 32. The fraction of sp³-hybridized carbons (Fsp3) is 0.974. The van der Waals surface area contributed by atoms with Gasteiger partial charge in [0.25, 0.3) is 0 Å². The van der Waals surface area contributed by atoms with Crippen LogP contribution in [0.4, 0.5) is 0 Å². The maximum Gasteiger partial charge on any atom is 0.249 e. The lowest BCUT2D eigenvalue weighted by Crippen LogP contribution is -2.47. The molecule has 0 spiro atoms. The number of aliphatic hydroxyl groups is 2. The number of aliphatic hydroxyl groups excluding tert-OH is 2. The highest BCUT2D eigenvalue weighted by Gasteiger charge is 2.35. The maximum absolute atomic E-state index is 12.5. The third-order valence-corrected chi connectivity index (χ3v) is 9.94. The summed E-state index contributed by atoms with van der Waals surface area (Å²) in [5, 5.41) is 23.9. The normalized spacial score (nSPS) is 18.6. The third kappa shape index (κ3) is 22.0. The highest BCUT2D eigenvalue weighted by atomic mass is 16.3. The van der Waals surface area contributed by atoms with E-state index in [-0.39, 0.29) is 11.9 Å². The number of unbranched alkanes of at least 4 members (excludes halogenated alkanes) is 20. The standard InChI is InChI=1S/C38H75NO3/c1-4-7-9-11-12-13-14-15-16-19-23-27-31-37(41)38(42)39-35(6-3)36(40)30-26-22-20-17-18-21-25-29-34-32-33(34)28-24-10-8-5-2/h33-37,40-41H,4-32H2,1-3H3,(H,39,42). The molecule has 5 unspecified atom stereocenters. The third-order valence-electron chi connectivity index (χ3n) is 9.94. The molecule has 1 saturated carbocycles. The van der Waals surface area contributed by atoms with Gasteiger partial charge in [-0.05, 0) is 37.5 Å². The molecular weight excluding hydrogens is 518 g/mol. The molecule has 0 saturated heterocycles. The molecule has 0 heterocycles. The quantitative estimate of drug-likeness (QED) is 0.0679. The van der Waals surface area contributed by atoms with E-state index in [9.17, 15) is 15.0 Å². The van der Waals surface area contributed by atoms with Crippen molar-refractivity contribution in [2.45, 2.75) is 225 Å². The molecule has 0 aromatic carbocycles. The van der Waals surface area contributed by atoms with Crippen LogP contribution in [0.15, 0.2) is 0 Å². The Hall–Kier alpha value is -0.610. The summed E-state index contributed by atoms with van der Waals surface area (Å²) < 4.78 is 0. The van der Waals surface area contributed by atoms with Crippen LogP contribution in [-0.4, -0.2) is 34.4 Å². The van der Waals surface area contributed by atoms with Crippen molar-refractivity contribution in [2.75, 3.05) is 0 Å². The van der Waals surface area contributed by atoms with Crippen LogP contribution in [0.1, 0.15) is 207 Å². The second kappa shape index (κ2) is 27.9. The summed E-state index contributed by atoms with van der Waals surface area (Å²) in [5.74, 6) is 1.81. The fourth-order valence-electron chi connectivity index (χ4n) is 6.75. The number of hydrogen-bond acceptors (Lipinski definition) is 3. The van der Waals surface area contributed by atoms with Gasteiger partial charge in [-0.15, -0.1) is 0 Å². The first-order valence-corrected chi connectivity index (χ1v) is 19.2. The molecule has 42 heavy (non-hydrogen) atoms. The van der Waals surface area contributed by atoms with Crippen molar-refractivity contribution >= 4 is 5.91 Å². The summed E-state index contributed by atoms with van der Waals surface area (Å²) in [7, 11) is 0. The summed E-state index contributed by atoms with van der Waals surface area (Å²) in [6, 6.07) is -0.257. The summed E-state index contributed by atoms with van der Waals surface area (Å²) in [6.07, 6.45) is 34.8. The molecule has 0 bridgehead atoms. The van der Waals surface area contributed by atoms with Gasteiger partial charge in [-0.25, -0.2) is 0 Å². The van der Waals surface area contributed by atoms with Crippen molar-refractivity contribution < 1.29 is 15.0 Å². The van der Waals surface area contributed by atoms with Crippen molar-refractivity contribution in [3.8, 4) is 0 Å². The zero-order valence-electron chi connectivity index (χ0n) is 28.7. The van der Waals surface area contributed by atoms with Gasteiger partial charge in [-0.1, -0.05) is 181 Å². The van der Waals surface area contributed by atoms with Crippen LogP contribution >= 0.6 is 0 Å². The lowest BCUT2D eigenvalue weighted by molar-refractivity contribution is -0.131. The predicted molar refractivity (Wildman–Crippen MR) is 182 cm³/mol. The molecule has 1 aliphatic rings. The summed E-state index contributed by atoms with van der Waals surface area (Å²) in [5.41, 5.74) is 0. The van der Waals surface area contributed by atoms with Crippen LogP contribution < -0.4 is 5.32 Å². The Kier molecular flexibility index (Phi) is 26.2. The van der Waals surface area contributed by atoms with Gasteiger partial charge in [0.2, 0.25) is 5.91 Å². The van der Waals surface area contributed by atoms with Gasteiger partial charge in [-0.2, -0.15) is 0 Å². The molecule has 0 aromatic heterocycles. The second-order valence-electron chi connectivity index (χ2n) is 13.9. The van der Waals surface area contributed by atoms with Crippen LogP contribution in [0.5, 0.6) is 0 Å². The van der Waals surface area contributed by atoms with Crippen LogP contribution in [-0.2, 0) is 4.79 Å². The fourth-order valence-corrected chi connectivity index (χ4v) is 6.75. The van der Waals surface area contributed by atoms with E-state index in [1.165, 1.54) is 141 Å². The molecule has 4 nitrogen and oxygen atoms in total. The zero-order valence-corrected chi connectivity index (χ0v) is 28.7. The van der Waals surface area contributed by atoms with Crippen molar-refractivity contribution in [3.05, 3.63) is 0 Å². The van der Waals surface area contributed by atoms with Crippen LogP contribution in [0.25, 0.3) is 0 Å². The number of carbonyl (C=O) groups is 1. The largest absolute Gasteiger partial charge is 0.391 e. The minimum atomic E-state index is -0.953. The molecule has 1 amide bonds. The van der Waals surface area contributed by atoms with Crippen molar-refractivity contribution in [2.24, 2.45) is 11.8 Å². The smallest absolute Gasteiger partial charge is 0.249 e. The number of carbonyl (C=O) groups excluding carboxylic acids is 1. The molecule has 0 aromatic rings. The van der Waals surface area contributed by atoms with Gasteiger partial charge in [0, 0.05) is 0 Å². The van der Waals surface area contributed by atoms with E-state index >= 15 is 0 Å². The SMILES string of the molecule is CCCCCCCCCCCCCCC(O)C(=O)NC(CC)C(O)CCCCCCCCCC1CC1CCCCCC. The van der Waals surface area contributed by atoms with Gasteiger partial charge in [-0.3, -0.25) is 4.79 Å². The van der Waals surface area contributed by atoms with Gasteiger partial charge in [0.15, 0.2) is 0 Å². The van der Waals surface area contributed by atoms with Crippen molar-refractivity contribution in [3.63, 3.8) is 0 Å². The second-order valence-corrected chi connectivity index (χ2v) is 13.9. The van der Waals surface area contributed by atoms with Crippen molar-refractivity contribution in [1.29, 1.82) is 0 Å². The Labute approximate surface area is 263 Å². The zero-order chi connectivity index (χ0) is 30.7. The lowest BCUT2D eigenvalue weighted by Gasteiger charge is -2.24. The topological polar surface area (TPSA) is 69.6 Å². The molecule has 1 fully saturated rings. The van der Waals surface area contributed by atoms with E-state index in [1.807, 2.05) is 6.92 Å². The number of hydrogen-bond donors (Lipinski definition) is 3. The molecular formula is C38H75NO3. The van der Waals surface area contributed by atoms with E-state index < -0.39 is 12.2 Å².